The van der Waals surface area contributed by atoms with Crippen LogP contribution >= 0.6 is 12.6 Å². The second kappa shape index (κ2) is 3.08. The van der Waals surface area contributed by atoms with Gasteiger partial charge in [-0.25, -0.2) is 0 Å². The summed E-state index contributed by atoms with van der Waals surface area (Å²) in [5.74, 6) is 0.211. The third-order valence-corrected chi connectivity index (χ3v) is 1.10. The molecule has 0 rings (SSSR count). The number of ketones is 1. The molecule has 0 aliphatic heterocycles. The van der Waals surface area contributed by atoms with Gasteiger partial charge in [-0.05, 0) is 6.92 Å². The first kappa shape index (κ1) is 7.02. The van der Waals surface area contributed by atoms with Gasteiger partial charge in [-0.3, -0.25) is 4.79 Å². The van der Waals surface area contributed by atoms with Crippen LogP contribution in [-0.4, -0.2) is 11.0 Å². The highest BCUT2D eigenvalue weighted by atomic mass is 32.1. The summed E-state index contributed by atoms with van der Waals surface area (Å²) in [6.07, 6.45) is 0.602. The molecule has 0 saturated heterocycles. The molecule has 0 aromatic rings. The largest absolute Gasteiger partial charge is 0.298 e. The van der Waals surface area contributed by atoms with Crippen molar-refractivity contribution in [2.75, 3.05) is 0 Å². The van der Waals surface area contributed by atoms with Gasteiger partial charge >= 0.3 is 0 Å². The molecule has 0 heterocycles. The minimum atomic E-state index is -0.0787. The summed E-state index contributed by atoms with van der Waals surface area (Å²) in [5.41, 5.74) is 0. The van der Waals surface area contributed by atoms with Crippen LogP contribution in [0.3, 0.4) is 0 Å². The number of Topliss-reactive ketones (excluding diaryl/α,β-unsaturated/α-hetero) is 1. The molecule has 0 aromatic heterocycles. The maximum atomic E-state index is 10.4. The van der Waals surface area contributed by atoms with Crippen molar-refractivity contribution in [3.05, 3.63) is 0 Å². The molecule has 0 fully saturated rings. The summed E-state index contributed by atoms with van der Waals surface area (Å²) in [4.78, 5) is 10.4. The minimum Gasteiger partial charge on any atom is -0.298 e. The van der Waals surface area contributed by atoms with Crippen molar-refractivity contribution in [3.63, 3.8) is 0 Å². The van der Waals surface area contributed by atoms with Gasteiger partial charge in [0, 0.05) is 6.42 Å². The molecule has 0 bridgehead atoms. The fraction of sp³-hybridized carbons (Fsp3) is 0.800. The average Bonchev–Trinajstić information content (AvgIpc) is 1.65. The topological polar surface area (TPSA) is 17.1 Å². The van der Waals surface area contributed by atoms with E-state index in [9.17, 15) is 4.79 Å². The van der Waals surface area contributed by atoms with Crippen molar-refractivity contribution in [2.45, 2.75) is 25.5 Å². The Hall–Kier alpha value is 0.0200. The van der Waals surface area contributed by atoms with Crippen LogP contribution in [0.1, 0.15) is 20.3 Å². The quantitative estimate of drug-likeness (QED) is 0.540. The summed E-state index contributed by atoms with van der Waals surface area (Å²) in [7, 11) is 0. The zero-order valence-electron chi connectivity index (χ0n) is 4.64. The van der Waals surface area contributed by atoms with E-state index in [0.29, 0.717) is 6.42 Å². The van der Waals surface area contributed by atoms with Crippen LogP contribution in [0.4, 0.5) is 0 Å². The van der Waals surface area contributed by atoms with E-state index in [0.717, 1.165) is 0 Å². The van der Waals surface area contributed by atoms with Crippen LogP contribution < -0.4 is 0 Å². The number of hydrogen-bond donors (Lipinski definition) is 1. The maximum Gasteiger partial charge on any atom is 0.144 e. The Morgan fingerprint density at radius 1 is 1.86 bits per heavy atom. The SMILES string of the molecule is CCC(=O)[C@@H](C)S. The van der Waals surface area contributed by atoms with Crippen molar-refractivity contribution in [1.29, 1.82) is 0 Å². The lowest BCUT2D eigenvalue weighted by molar-refractivity contribution is -0.117. The Morgan fingerprint density at radius 2 is 2.29 bits per heavy atom. The van der Waals surface area contributed by atoms with Gasteiger partial charge < -0.3 is 0 Å². The monoisotopic (exact) mass is 118 g/mol. The third kappa shape index (κ3) is 2.68. The van der Waals surface area contributed by atoms with Crippen molar-refractivity contribution >= 4 is 18.4 Å². The molecule has 0 aliphatic rings. The molecular weight excluding hydrogens is 108 g/mol. The minimum absolute atomic E-state index is 0.0787. The van der Waals surface area contributed by atoms with Gasteiger partial charge in [-0.15, -0.1) is 0 Å². The van der Waals surface area contributed by atoms with Gasteiger partial charge in [0.1, 0.15) is 5.78 Å². The Morgan fingerprint density at radius 3 is 2.29 bits per heavy atom. The number of carbonyl (C=O) groups excluding carboxylic acids is 1. The summed E-state index contributed by atoms with van der Waals surface area (Å²) in [6.45, 7) is 3.63. The van der Waals surface area contributed by atoms with E-state index in [1.165, 1.54) is 0 Å². The zero-order chi connectivity index (χ0) is 5.86. The summed E-state index contributed by atoms with van der Waals surface area (Å²) >= 11 is 3.92. The first-order valence-electron chi connectivity index (χ1n) is 2.39. The zero-order valence-corrected chi connectivity index (χ0v) is 5.53. The van der Waals surface area contributed by atoms with E-state index in [1.54, 1.807) is 6.92 Å². The van der Waals surface area contributed by atoms with Gasteiger partial charge in [-0.2, -0.15) is 12.6 Å². The number of carbonyl (C=O) groups is 1. The molecular formula is C5H10OS. The van der Waals surface area contributed by atoms with E-state index in [-0.39, 0.29) is 11.0 Å². The first-order chi connectivity index (χ1) is 3.18. The van der Waals surface area contributed by atoms with Crippen LogP contribution in [-0.2, 0) is 4.79 Å². The summed E-state index contributed by atoms with van der Waals surface area (Å²) in [5, 5.41) is -0.0787. The Kier molecular flexibility index (Phi) is 3.09. The van der Waals surface area contributed by atoms with E-state index in [4.69, 9.17) is 0 Å². The van der Waals surface area contributed by atoms with Gasteiger partial charge in [0.05, 0.1) is 5.25 Å². The Balaban J connectivity index is 3.35. The van der Waals surface area contributed by atoms with Crippen molar-refractivity contribution < 1.29 is 4.79 Å². The average molecular weight is 118 g/mol. The summed E-state index contributed by atoms with van der Waals surface area (Å²) in [6, 6.07) is 0. The smallest absolute Gasteiger partial charge is 0.144 e. The van der Waals surface area contributed by atoms with E-state index < -0.39 is 0 Å². The lowest BCUT2D eigenvalue weighted by atomic mass is 10.2. The third-order valence-electron chi connectivity index (χ3n) is 0.814. The molecule has 0 N–H and O–H groups in total. The van der Waals surface area contributed by atoms with Crippen LogP contribution in [0, 0.1) is 0 Å². The van der Waals surface area contributed by atoms with E-state index in [2.05, 4.69) is 12.6 Å². The fourth-order valence-corrected chi connectivity index (χ4v) is 0.478. The highest BCUT2D eigenvalue weighted by molar-refractivity contribution is 7.81. The summed E-state index contributed by atoms with van der Waals surface area (Å²) < 4.78 is 0. The fourth-order valence-electron chi connectivity index (χ4n) is 0.295. The molecule has 0 amide bonds. The molecule has 42 valence electrons. The molecule has 0 spiro atoms. The lowest BCUT2D eigenvalue weighted by Crippen LogP contribution is -2.07. The lowest BCUT2D eigenvalue weighted by Gasteiger charge is -1.95. The van der Waals surface area contributed by atoms with Crippen molar-refractivity contribution in [2.24, 2.45) is 0 Å². The standard InChI is InChI=1S/C5H10OS/c1-3-5(6)4(2)7/h4,7H,3H2,1-2H3/t4-/m1/s1. The first-order valence-corrected chi connectivity index (χ1v) is 2.91. The normalized spacial score (nSPS) is 13.6. The molecule has 0 unspecified atom stereocenters. The van der Waals surface area contributed by atoms with Crippen LogP contribution in [0.5, 0.6) is 0 Å². The van der Waals surface area contributed by atoms with Crippen LogP contribution in [0.2, 0.25) is 0 Å². The van der Waals surface area contributed by atoms with Gasteiger partial charge in [0.25, 0.3) is 0 Å². The predicted octanol–water partition coefficient (Wildman–Crippen LogP) is 1.28. The molecule has 0 saturated carbocycles. The highest BCUT2D eigenvalue weighted by Crippen LogP contribution is 1.95. The van der Waals surface area contributed by atoms with Crippen molar-refractivity contribution in [1.82, 2.24) is 0 Å². The number of thiol groups is 1. The van der Waals surface area contributed by atoms with E-state index >= 15 is 0 Å². The number of rotatable bonds is 2. The maximum absolute atomic E-state index is 10.4. The molecule has 1 nitrogen and oxygen atoms in total. The van der Waals surface area contributed by atoms with Crippen molar-refractivity contribution in [3.8, 4) is 0 Å². The van der Waals surface area contributed by atoms with Gasteiger partial charge in [0.2, 0.25) is 0 Å². The van der Waals surface area contributed by atoms with Crippen LogP contribution in [0.15, 0.2) is 0 Å². The molecule has 7 heavy (non-hydrogen) atoms. The van der Waals surface area contributed by atoms with Gasteiger partial charge in [-0.1, -0.05) is 6.92 Å². The highest BCUT2D eigenvalue weighted by Gasteiger charge is 2.01. The second-order valence-corrected chi connectivity index (χ2v) is 2.27. The molecule has 0 aromatic carbocycles. The Labute approximate surface area is 49.5 Å². The Bertz CT molecular complexity index is 68.5. The molecule has 0 aliphatic carbocycles. The second-order valence-electron chi connectivity index (χ2n) is 1.50. The molecule has 1 atom stereocenters. The molecule has 0 radical (unpaired) electrons. The predicted molar refractivity (Wildman–Crippen MR) is 33.7 cm³/mol. The van der Waals surface area contributed by atoms with Crippen LogP contribution in [0.25, 0.3) is 0 Å². The molecule has 2 heteroatoms. The number of hydrogen-bond acceptors (Lipinski definition) is 2. The van der Waals surface area contributed by atoms with E-state index in [1.807, 2.05) is 6.92 Å². The van der Waals surface area contributed by atoms with Gasteiger partial charge in [0.15, 0.2) is 0 Å².